The van der Waals surface area contributed by atoms with E-state index in [1.165, 1.54) is 0 Å². The van der Waals surface area contributed by atoms with Crippen molar-refractivity contribution >= 4 is 51.5 Å². The van der Waals surface area contributed by atoms with Gasteiger partial charge in [-0.05, 0) is 33.1 Å². The van der Waals surface area contributed by atoms with Crippen molar-refractivity contribution in [3.8, 4) is 0 Å². The van der Waals surface area contributed by atoms with Gasteiger partial charge in [-0.15, -0.1) is 24.0 Å². The molecule has 0 aliphatic carbocycles. The van der Waals surface area contributed by atoms with Gasteiger partial charge in [0, 0.05) is 36.7 Å². The number of nitrogens with zero attached hydrogens (tertiary/aromatic N) is 2. The first-order chi connectivity index (χ1) is 9.81. The Kier molecular flexibility index (Phi) is 7.78. The summed E-state index contributed by atoms with van der Waals surface area (Å²) in [5.74, 6) is 2.87. The molecule has 5 nitrogen and oxygen atoms in total. The van der Waals surface area contributed by atoms with Gasteiger partial charge >= 0.3 is 0 Å². The van der Waals surface area contributed by atoms with Crippen LogP contribution in [-0.4, -0.2) is 67.5 Å². The van der Waals surface area contributed by atoms with E-state index in [1.807, 2.05) is 11.8 Å². The van der Waals surface area contributed by atoms with Gasteiger partial charge in [-0.3, -0.25) is 4.99 Å². The number of aliphatic imine (C=N–C) groups is 1. The van der Waals surface area contributed by atoms with Crippen molar-refractivity contribution in [3.63, 3.8) is 0 Å². The quantitative estimate of drug-likeness (QED) is 0.395. The standard InChI is InChI=1S/C14H27N3O2S2.HI/c1-4-15-13(17-6-7-20-14(2,3)11-17)16-9-12-5-8-21(18,19)10-12;/h12H,4-11H2,1-3H3,(H,15,16);1H. The number of sulfone groups is 1. The number of guanidine groups is 1. The monoisotopic (exact) mass is 461 g/mol. The second-order valence-corrected chi connectivity index (χ2v) is 10.5. The SMILES string of the molecule is CCNC(=NCC1CCS(=O)(=O)C1)N1CCSC(C)(C)C1.I. The van der Waals surface area contributed by atoms with Crippen LogP contribution >= 0.6 is 35.7 Å². The van der Waals surface area contributed by atoms with Crippen molar-refractivity contribution < 1.29 is 8.42 Å². The van der Waals surface area contributed by atoms with E-state index in [9.17, 15) is 8.42 Å². The third-order valence-corrected chi connectivity index (χ3v) is 7.02. The lowest BCUT2D eigenvalue weighted by atomic mass is 10.1. The maximum atomic E-state index is 11.5. The minimum Gasteiger partial charge on any atom is -0.357 e. The molecule has 2 rings (SSSR count). The van der Waals surface area contributed by atoms with Crippen molar-refractivity contribution in [1.29, 1.82) is 0 Å². The zero-order chi connectivity index (χ0) is 15.5. The Hall–Kier alpha value is 0.300. The number of thioether (sulfide) groups is 1. The van der Waals surface area contributed by atoms with Crippen LogP contribution in [0.1, 0.15) is 27.2 Å². The van der Waals surface area contributed by atoms with E-state index in [0.717, 1.165) is 37.8 Å². The molecular weight excluding hydrogens is 433 g/mol. The summed E-state index contributed by atoms with van der Waals surface area (Å²) in [5, 5.41) is 3.35. The molecule has 1 N–H and O–H groups in total. The van der Waals surface area contributed by atoms with Crippen LogP contribution in [0.25, 0.3) is 0 Å². The van der Waals surface area contributed by atoms with Gasteiger partial charge in [0.25, 0.3) is 0 Å². The number of rotatable bonds is 3. The van der Waals surface area contributed by atoms with Gasteiger partial charge < -0.3 is 10.2 Å². The molecule has 2 fully saturated rings. The van der Waals surface area contributed by atoms with E-state index in [4.69, 9.17) is 4.99 Å². The summed E-state index contributed by atoms with van der Waals surface area (Å²) >= 11 is 2.00. The summed E-state index contributed by atoms with van der Waals surface area (Å²) < 4.78 is 23.3. The highest BCUT2D eigenvalue weighted by Gasteiger charge is 2.30. The Morgan fingerprint density at radius 2 is 2.18 bits per heavy atom. The predicted molar refractivity (Wildman–Crippen MR) is 106 cm³/mol. The molecule has 0 aromatic rings. The Morgan fingerprint density at radius 3 is 2.73 bits per heavy atom. The summed E-state index contributed by atoms with van der Waals surface area (Å²) in [6.45, 7) is 10.0. The van der Waals surface area contributed by atoms with Gasteiger partial charge in [-0.1, -0.05) is 0 Å². The number of hydrogen-bond acceptors (Lipinski definition) is 4. The zero-order valence-electron chi connectivity index (χ0n) is 13.7. The van der Waals surface area contributed by atoms with Crippen LogP contribution in [0.15, 0.2) is 4.99 Å². The van der Waals surface area contributed by atoms with Gasteiger partial charge in [0.05, 0.1) is 11.5 Å². The number of halogens is 1. The molecule has 1 atom stereocenters. The highest BCUT2D eigenvalue weighted by atomic mass is 127. The largest absolute Gasteiger partial charge is 0.357 e. The molecule has 0 bridgehead atoms. The van der Waals surface area contributed by atoms with Crippen LogP contribution in [-0.2, 0) is 9.84 Å². The molecule has 0 saturated carbocycles. The second-order valence-electron chi connectivity index (χ2n) is 6.49. The predicted octanol–water partition coefficient (Wildman–Crippen LogP) is 1.83. The third kappa shape index (κ3) is 6.07. The average molecular weight is 461 g/mol. The van der Waals surface area contributed by atoms with Crippen LogP contribution in [0.5, 0.6) is 0 Å². The normalized spacial score (nSPS) is 27.3. The van der Waals surface area contributed by atoms with Gasteiger partial charge in [-0.2, -0.15) is 11.8 Å². The van der Waals surface area contributed by atoms with Gasteiger partial charge in [0.2, 0.25) is 0 Å². The molecule has 22 heavy (non-hydrogen) atoms. The smallest absolute Gasteiger partial charge is 0.193 e. The van der Waals surface area contributed by atoms with Crippen molar-refractivity contribution in [2.45, 2.75) is 31.9 Å². The Morgan fingerprint density at radius 1 is 1.45 bits per heavy atom. The van der Waals surface area contributed by atoms with E-state index >= 15 is 0 Å². The zero-order valence-corrected chi connectivity index (χ0v) is 17.6. The van der Waals surface area contributed by atoms with E-state index in [1.54, 1.807) is 0 Å². The van der Waals surface area contributed by atoms with Crippen molar-refractivity contribution in [2.24, 2.45) is 10.9 Å². The molecule has 2 saturated heterocycles. The lowest BCUT2D eigenvalue weighted by Crippen LogP contribution is -2.51. The van der Waals surface area contributed by atoms with Crippen LogP contribution in [0.2, 0.25) is 0 Å². The van der Waals surface area contributed by atoms with Gasteiger partial charge in [-0.25, -0.2) is 8.42 Å². The fourth-order valence-electron chi connectivity index (χ4n) is 2.85. The topological polar surface area (TPSA) is 61.8 Å². The lowest BCUT2D eigenvalue weighted by molar-refractivity contribution is 0.374. The van der Waals surface area contributed by atoms with E-state index < -0.39 is 9.84 Å². The lowest BCUT2D eigenvalue weighted by Gasteiger charge is -2.39. The molecule has 0 amide bonds. The Labute approximate surface area is 156 Å². The van der Waals surface area contributed by atoms with Crippen LogP contribution < -0.4 is 5.32 Å². The van der Waals surface area contributed by atoms with Crippen LogP contribution in [0, 0.1) is 5.92 Å². The first kappa shape index (κ1) is 20.3. The molecule has 2 aliphatic heterocycles. The molecule has 130 valence electrons. The maximum Gasteiger partial charge on any atom is 0.193 e. The fraction of sp³-hybridized carbons (Fsp3) is 0.929. The molecule has 2 aliphatic rings. The number of hydrogen-bond donors (Lipinski definition) is 1. The molecule has 8 heteroatoms. The van der Waals surface area contributed by atoms with E-state index in [0.29, 0.717) is 18.1 Å². The highest BCUT2D eigenvalue weighted by molar-refractivity contribution is 14.0. The van der Waals surface area contributed by atoms with Crippen molar-refractivity contribution in [2.75, 3.05) is 43.4 Å². The first-order valence-corrected chi connectivity index (χ1v) is 10.5. The van der Waals surface area contributed by atoms with Crippen molar-refractivity contribution in [1.82, 2.24) is 10.2 Å². The first-order valence-electron chi connectivity index (χ1n) is 7.69. The molecular formula is C14H28IN3O2S2. The summed E-state index contributed by atoms with van der Waals surface area (Å²) in [6, 6.07) is 0. The number of nitrogens with one attached hydrogen (secondary N) is 1. The van der Waals surface area contributed by atoms with E-state index in [-0.39, 0.29) is 34.6 Å². The second kappa shape index (κ2) is 8.41. The summed E-state index contributed by atoms with van der Waals surface area (Å²) in [5.41, 5.74) is 0. The minimum absolute atomic E-state index is 0. The van der Waals surface area contributed by atoms with Gasteiger partial charge in [0.15, 0.2) is 15.8 Å². The molecule has 2 heterocycles. The molecule has 0 aromatic heterocycles. The minimum atomic E-state index is -2.81. The highest BCUT2D eigenvalue weighted by Crippen LogP contribution is 2.29. The molecule has 0 spiro atoms. The fourth-order valence-corrected chi connectivity index (χ4v) is 5.82. The van der Waals surface area contributed by atoms with Crippen molar-refractivity contribution in [3.05, 3.63) is 0 Å². The molecule has 0 aromatic carbocycles. The maximum absolute atomic E-state index is 11.5. The average Bonchev–Trinajstić information content (AvgIpc) is 2.73. The summed E-state index contributed by atoms with van der Waals surface area (Å²) in [6.07, 6.45) is 0.757. The van der Waals surface area contributed by atoms with Gasteiger partial charge in [0.1, 0.15) is 0 Å². The van der Waals surface area contributed by atoms with Crippen LogP contribution in [0.4, 0.5) is 0 Å². The van der Waals surface area contributed by atoms with Crippen LogP contribution in [0.3, 0.4) is 0 Å². The Bertz CT molecular complexity index is 494. The Balaban J connectivity index is 0.00000242. The molecule has 1 unspecified atom stereocenters. The third-order valence-electron chi connectivity index (χ3n) is 3.89. The summed E-state index contributed by atoms with van der Waals surface area (Å²) in [4.78, 5) is 7.02. The van der Waals surface area contributed by atoms with E-state index in [2.05, 4.69) is 31.0 Å². The molecule has 0 radical (unpaired) electrons. The summed E-state index contributed by atoms with van der Waals surface area (Å²) in [7, 11) is -2.81.